The number of rotatable bonds is 12. The van der Waals surface area contributed by atoms with Crippen LogP contribution in [0.25, 0.3) is 0 Å². The molecule has 6 heteroatoms. The Balaban J connectivity index is 1.60. The number of methoxy groups -OCH3 is 1. The van der Waals surface area contributed by atoms with Crippen molar-refractivity contribution in [2.24, 2.45) is 10.8 Å². The van der Waals surface area contributed by atoms with E-state index in [1.807, 2.05) is 36.4 Å². The van der Waals surface area contributed by atoms with Gasteiger partial charge in [0.2, 0.25) is 0 Å². The SMILES string of the molecule is CCC1(CO[Si](c2ccccc2)(c2ccccc2)C(C)(C)C)CC1(COCc1ccc(OC)cc1)C(=O)O. The van der Waals surface area contributed by atoms with Crippen molar-refractivity contribution in [3.8, 4) is 5.75 Å². The Morgan fingerprint density at radius 2 is 1.45 bits per heavy atom. The van der Waals surface area contributed by atoms with Crippen LogP contribution >= 0.6 is 0 Å². The molecule has 0 spiro atoms. The summed E-state index contributed by atoms with van der Waals surface area (Å²) in [6.45, 7) is 9.70. The van der Waals surface area contributed by atoms with Crippen LogP contribution in [0.2, 0.25) is 5.04 Å². The molecule has 202 valence electrons. The highest BCUT2D eigenvalue weighted by Gasteiger charge is 2.72. The number of carboxylic acids is 1. The molecule has 38 heavy (non-hydrogen) atoms. The maximum Gasteiger partial charge on any atom is 0.312 e. The summed E-state index contributed by atoms with van der Waals surface area (Å²) < 4.78 is 18.5. The summed E-state index contributed by atoms with van der Waals surface area (Å²) in [4.78, 5) is 12.7. The molecule has 0 saturated heterocycles. The normalized spacial score (nSPS) is 21.2. The van der Waals surface area contributed by atoms with Crippen LogP contribution in [0, 0.1) is 10.8 Å². The van der Waals surface area contributed by atoms with Gasteiger partial charge in [0.15, 0.2) is 0 Å². The van der Waals surface area contributed by atoms with E-state index in [4.69, 9.17) is 13.9 Å². The van der Waals surface area contributed by atoms with Gasteiger partial charge in [-0.05, 0) is 45.9 Å². The Labute approximate surface area is 227 Å². The number of benzene rings is 3. The molecule has 2 atom stereocenters. The number of carboxylic acid groups (broad SMARTS) is 1. The second kappa shape index (κ2) is 11.0. The molecule has 1 aliphatic rings. The van der Waals surface area contributed by atoms with Gasteiger partial charge in [0.05, 0.1) is 25.7 Å². The van der Waals surface area contributed by atoms with E-state index in [-0.39, 0.29) is 11.6 Å². The first-order chi connectivity index (χ1) is 18.1. The van der Waals surface area contributed by atoms with Crippen LogP contribution in [-0.4, -0.2) is 39.7 Å². The van der Waals surface area contributed by atoms with E-state index < -0.39 is 25.1 Å². The first-order valence-electron chi connectivity index (χ1n) is 13.3. The molecular formula is C32H40O5Si. The van der Waals surface area contributed by atoms with Gasteiger partial charge in [0, 0.05) is 12.0 Å². The van der Waals surface area contributed by atoms with Gasteiger partial charge < -0.3 is 19.0 Å². The van der Waals surface area contributed by atoms with Crippen LogP contribution < -0.4 is 15.1 Å². The monoisotopic (exact) mass is 532 g/mol. The van der Waals surface area contributed by atoms with Gasteiger partial charge in [-0.3, -0.25) is 4.79 Å². The van der Waals surface area contributed by atoms with Crippen molar-refractivity contribution in [2.75, 3.05) is 20.3 Å². The van der Waals surface area contributed by atoms with Gasteiger partial charge in [0.25, 0.3) is 8.32 Å². The van der Waals surface area contributed by atoms with Gasteiger partial charge in [0.1, 0.15) is 5.75 Å². The molecule has 1 saturated carbocycles. The lowest BCUT2D eigenvalue weighted by atomic mass is 9.91. The molecule has 3 aromatic rings. The number of ether oxygens (including phenoxy) is 2. The third-order valence-corrected chi connectivity index (χ3v) is 13.4. The van der Waals surface area contributed by atoms with Crippen molar-refractivity contribution in [1.82, 2.24) is 0 Å². The smallest absolute Gasteiger partial charge is 0.312 e. The van der Waals surface area contributed by atoms with Crippen LogP contribution in [0.15, 0.2) is 84.9 Å². The largest absolute Gasteiger partial charge is 0.497 e. The van der Waals surface area contributed by atoms with E-state index >= 15 is 0 Å². The van der Waals surface area contributed by atoms with Gasteiger partial charge >= 0.3 is 5.97 Å². The quantitative estimate of drug-likeness (QED) is 0.305. The highest BCUT2D eigenvalue weighted by Crippen LogP contribution is 2.66. The molecular weight excluding hydrogens is 492 g/mol. The first-order valence-corrected chi connectivity index (χ1v) is 15.2. The lowest BCUT2D eigenvalue weighted by Crippen LogP contribution is -2.67. The van der Waals surface area contributed by atoms with Crippen LogP contribution in [0.4, 0.5) is 0 Å². The molecule has 5 nitrogen and oxygen atoms in total. The van der Waals surface area contributed by atoms with E-state index in [0.717, 1.165) is 11.3 Å². The molecule has 2 unspecified atom stereocenters. The minimum absolute atomic E-state index is 0.159. The first kappa shape index (κ1) is 28.1. The Kier molecular flexibility index (Phi) is 8.16. The Bertz CT molecular complexity index is 1170. The fourth-order valence-corrected chi connectivity index (χ4v) is 10.6. The van der Waals surface area contributed by atoms with Crippen molar-refractivity contribution in [3.63, 3.8) is 0 Å². The Hall–Kier alpha value is -2.93. The zero-order valence-electron chi connectivity index (χ0n) is 23.2. The summed E-state index contributed by atoms with van der Waals surface area (Å²) in [6.07, 6.45) is 1.26. The maximum absolute atomic E-state index is 12.7. The summed E-state index contributed by atoms with van der Waals surface area (Å²) in [6, 6.07) is 28.6. The second-order valence-electron chi connectivity index (χ2n) is 11.5. The summed E-state index contributed by atoms with van der Waals surface area (Å²) in [7, 11) is -1.14. The van der Waals surface area contributed by atoms with Crippen LogP contribution in [-0.2, 0) is 20.6 Å². The number of hydrogen-bond donors (Lipinski definition) is 1. The molecule has 1 fully saturated rings. The average Bonchev–Trinajstić information content (AvgIpc) is 3.59. The fourth-order valence-electron chi connectivity index (χ4n) is 5.93. The molecule has 0 radical (unpaired) electrons. The predicted molar refractivity (Wildman–Crippen MR) is 154 cm³/mol. The zero-order chi connectivity index (χ0) is 27.4. The van der Waals surface area contributed by atoms with Crippen molar-refractivity contribution < 1.29 is 23.8 Å². The summed E-state index contributed by atoms with van der Waals surface area (Å²) >= 11 is 0. The fraction of sp³-hybridized carbons (Fsp3) is 0.406. The van der Waals surface area contributed by atoms with Crippen LogP contribution in [0.1, 0.15) is 46.1 Å². The standard InChI is InChI=1S/C32H40O5Si/c1-6-31(22-32(31,29(33)34)24-36-21-25-17-19-26(35-5)20-18-25)23-37-38(30(2,3)4,27-13-9-7-10-14-27)28-15-11-8-12-16-28/h7-20H,6,21-24H2,1-5H3,(H,33,34). The molecule has 0 heterocycles. The average molecular weight is 533 g/mol. The predicted octanol–water partition coefficient (Wildman–Crippen LogP) is 5.66. The number of carbonyl (C=O) groups is 1. The lowest BCUT2D eigenvalue weighted by molar-refractivity contribution is -0.149. The summed E-state index contributed by atoms with van der Waals surface area (Å²) in [5.74, 6) is -0.0245. The van der Waals surface area contributed by atoms with E-state index in [9.17, 15) is 9.90 Å². The third-order valence-electron chi connectivity index (χ3n) is 8.37. The van der Waals surface area contributed by atoms with E-state index in [2.05, 4.69) is 76.2 Å². The lowest BCUT2D eigenvalue weighted by Gasteiger charge is -2.44. The van der Waals surface area contributed by atoms with Crippen LogP contribution in [0.3, 0.4) is 0 Å². The molecule has 3 aromatic carbocycles. The minimum Gasteiger partial charge on any atom is -0.497 e. The van der Waals surface area contributed by atoms with E-state index in [1.54, 1.807) is 7.11 Å². The summed E-state index contributed by atoms with van der Waals surface area (Å²) in [5.41, 5.74) is -0.455. The Morgan fingerprint density at radius 3 is 1.89 bits per heavy atom. The van der Waals surface area contributed by atoms with Gasteiger partial charge in [-0.15, -0.1) is 0 Å². The maximum atomic E-state index is 12.7. The van der Waals surface area contributed by atoms with Crippen molar-refractivity contribution in [1.29, 1.82) is 0 Å². The van der Waals surface area contributed by atoms with Gasteiger partial charge in [-0.25, -0.2) is 0 Å². The van der Waals surface area contributed by atoms with Gasteiger partial charge in [-0.1, -0.05) is 100 Å². The summed E-state index contributed by atoms with van der Waals surface area (Å²) in [5, 5.41) is 12.6. The molecule has 0 bridgehead atoms. The molecule has 1 aliphatic carbocycles. The van der Waals surface area contributed by atoms with E-state index in [0.29, 0.717) is 26.1 Å². The van der Waals surface area contributed by atoms with Crippen molar-refractivity contribution in [2.45, 2.75) is 52.2 Å². The molecule has 1 N–H and O–H groups in total. The van der Waals surface area contributed by atoms with Gasteiger partial charge in [-0.2, -0.15) is 0 Å². The number of hydrogen-bond acceptors (Lipinski definition) is 4. The highest BCUT2D eigenvalue weighted by atomic mass is 28.4. The molecule has 0 amide bonds. The topological polar surface area (TPSA) is 65.0 Å². The minimum atomic E-state index is -2.77. The van der Waals surface area contributed by atoms with E-state index in [1.165, 1.54) is 10.4 Å². The molecule has 0 aliphatic heterocycles. The zero-order valence-corrected chi connectivity index (χ0v) is 24.2. The molecule has 0 aromatic heterocycles. The molecule has 4 rings (SSSR count). The number of aliphatic carboxylic acids is 1. The highest BCUT2D eigenvalue weighted by molar-refractivity contribution is 6.99. The van der Waals surface area contributed by atoms with Crippen LogP contribution in [0.5, 0.6) is 5.75 Å². The second-order valence-corrected chi connectivity index (χ2v) is 15.8. The van der Waals surface area contributed by atoms with Crippen molar-refractivity contribution in [3.05, 3.63) is 90.5 Å². The Morgan fingerprint density at radius 1 is 0.895 bits per heavy atom. The van der Waals surface area contributed by atoms with Crippen molar-refractivity contribution >= 4 is 24.7 Å². The third kappa shape index (κ3) is 5.05.